The van der Waals surface area contributed by atoms with Gasteiger partial charge in [0, 0.05) is 12.3 Å². The normalized spacial score (nSPS) is 31.5. The molecule has 3 rings (SSSR count). The monoisotopic (exact) mass is 321 g/mol. The Hall–Kier alpha value is -0.830. The molecule has 0 amide bonds. The largest absolute Gasteiger partial charge is 1.00 e. The summed E-state index contributed by atoms with van der Waals surface area (Å²) in [6, 6.07) is 11.3. The Bertz CT molecular complexity index is 472. The van der Waals surface area contributed by atoms with Gasteiger partial charge < -0.3 is 22.0 Å². The van der Waals surface area contributed by atoms with Gasteiger partial charge in [-0.05, 0) is 37.3 Å². The summed E-state index contributed by atoms with van der Waals surface area (Å²) in [5.74, 6) is 0.532. The molecule has 1 N–H and O–H groups in total. The summed E-state index contributed by atoms with van der Waals surface area (Å²) in [7, 11) is 0. The number of piperidine rings is 2. The van der Waals surface area contributed by atoms with Crippen LogP contribution >= 0.6 is 0 Å². The second-order valence-electron chi connectivity index (χ2n) is 6.81. The quantitative estimate of drug-likeness (QED) is 0.800. The lowest BCUT2D eigenvalue weighted by atomic mass is 9.81. The lowest BCUT2D eigenvalue weighted by molar-refractivity contribution is -0.959. The zero-order valence-electron chi connectivity index (χ0n) is 13.3. The maximum atomic E-state index is 9.72. The van der Waals surface area contributed by atoms with Gasteiger partial charge in [-0.2, -0.15) is 0 Å². The number of halogens is 1. The SMILES string of the molecule is OC[C@@H]1CCC[N+]2(CC=Cc3ccccc3)CCCC[C@H]12.[Cl-]. The van der Waals surface area contributed by atoms with Gasteiger partial charge in [-0.3, -0.25) is 0 Å². The van der Waals surface area contributed by atoms with Crippen molar-refractivity contribution in [2.75, 3.05) is 26.2 Å². The molecule has 3 heteroatoms. The van der Waals surface area contributed by atoms with E-state index in [2.05, 4.69) is 42.5 Å². The Morgan fingerprint density at radius 1 is 1.05 bits per heavy atom. The van der Waals surface area contributed by atoms with E-state index in [1.54, 1.807) is 0 Å². The molecule has 3 atom stereocenters. The molecular weight excluding hydrogens is 294 g/mol. The third-order valence-electron chi connectivity index (χ3n) is 5.59. The topological polar surface area (TPSA) is 20.2 Å². The van der Waals surface area contributed by atoms with Gasteiger partial charge in [0.25, 0.3) is 0 Å². The third-order valence-corrected chi connectivity index (χ3v) is 5.59. The first-order valence-corrected chi connectivity index (χ1v) is 8.52. The molecule has 2 fully saturated rings. The first-order valence-electron chi connectivity index (χ1n) is 8.52. The molecule has 0 saturated carbocycles. The van der Waals surface area contributed by atoms with E-state index in [1.165, 1.54) is 55.2 Å². The van der Waals surface area contributed by atoms with E-state index in [-0.39, 0.29) is 12.4 Å². The van der Waals surface area contributed by atoms with E-state index in [9.17, 15) is 5.11 Å². The zero-order chi connectivity index (χ0) is 14.5. The van der Waals surface area contributed by atoms with Crippen molar-refractivity contribution in [1.82, 2.24) is 0 Å². The Kier molecular flexibility index (Phi) is 6.49. The Morgan fingerprint density at radius 3 is 2.59 bits per heavy atom. The van der Waals surface area contributed by atoms with Crippen LogP contribution < -0.4 is 12.4 Å². The molecular formula is C19H28ClNO. The van der Waals surface area contributed by atoms with Gasteiger partial charge in [0.15, 0.2) is 0 Å². The maximum Gasteiger partial charge on any atom is 0.0979 e. The molecule has 0 aromatic heterocycles. The van der Waals surface area contributed by atoms with Crippen LogP contribution in [0.1, 0.15) is 37.7 Å². The van der Waals surface area contributed by atoms with Gasteiger partial charge in [-0.15, -0.1) is 0 Å². The van der Waals surface area contributed by atoms with Crippen LogP contribution in [0.25, 0.3) is 6.08 Å². The lowest BCUT2D eigenvalue weighted by Crippen LogP contribution is -3.00. The van der Waals surface area contributed by atoms with Crippen molar-refractivity contribution < 1.29 is 22.0 Å². The van der Waals surface area contributed by atoms with Gasteiger partial charge in [0.2, 0.25) is 0 Å². The first-order chi connectivity index (χ1) is 10.3. The third kappa shape index (κ3) is 3.73. The van der Waals surface area contributed by atoms with Crippen molar-refractivity contribution >= 4 is 6.08 Å². The summed E-state index contributed by atoms with van der Waals surface area (Å²) in [6.45, 7) is 4.13. The van der Waals surface area contributed by atoms with Crippen LogP contribution in [-0.4, -0.2) is 41.9 Å². The number of aliphatic hydroxyl groups is 1. The number of nitrogens with zero attached hydrogens (tertiary/aromatic N) is 1. The van der Waals surface area contributed by atoms with E-state index in [4.69, 9.17) is 0 Å². The highest BCUT2D eigenvalue weighted by molar-refractivity contribution is 5.48. The molecule has 2 nitrogen and oxygen atoms in total. The molecule has 2 aliphatic rings. The van der Waals surface area contributed by atoms with E-state index in [0.29, 0.717) is 18.6 Å². The van der Waals surface area contributed by atoms with Gasteiger partial charge >= 0.3 is 0 Å². The fourth-order valence-corrected chi connectivity index (χ4v) is 4.53. The van der Waals surface area contributed by atoms with E-state index in [1.807, 2.05) is 0 Å². The molecule has 0 spiro atoms. The van der Waals surface area contributed by atoms with Crippen LogP contribution in [0, 0.1) is 5.92 Å². The average Bonchev–Trinajstić information content (AvgIpc) is 2.55. The second-order valence-corrected chi connectivity index (χ2v) is 6.81. The number of hydrogen-bond donors (Lipinski definition) is 1. The number of benzene rings is 1. The molecule has 0 aliphatic carbocycles. The van der Waals surface area contributed by atoms with E-state index in [0.717, 1.165) is 6.54 Å². The molecule has 1 unspecified atom stereocenters. The highest BCUT2D eigenvalue weighted by Gasteiger charge is 2.45. The highest BCUT2D eigenvalue weighted by atomic mass is 35.5. The minimum atomic E-state index is 0. The standard InChI is InChI=1S/C19H28NO.ClH/c21-16-18-11-7-15-20(13-5-4-12-19(18)20)14-6-10-17-8-2-1-3-9-17;/h1-3,6,8-10,18-19,21H,4-5,7,11-16H2;1H/q+1;/p-1/t18-,19+,20?;/m0./s1. The fourth-order valence-electron chi connectivity index (χ4n) is 4.53. The van der Waals surface area contributed by atoms with Crippen LogP contribution in [0.2, 0.25) is 0 Å². The van der Waals surface area contributed by atoms with Crippen LogP contribution in [0.3, 0.4) is 0 Å². The van der Waals surface area contributed by atoms with Gasteiger partial charge in [-0.1, -0.05) is 36.4 Å². The molecule has 0 bridgehead atoms. The van der Waals surface area contributed by atoms with Crippen LogP contribution in [0.5, 0.6) is 0 Å². The average molecular weight is 322 g/mol. The first kappa shape index (κ1) is 17.5. The smallest absolute Gasteiger partial charge is 0.0979 e. The van der Waals surface area contributed by atoms with Crippen molar-refractivity contribution in [2.45, 2.75) is 38.1 Å². The highest BCUT2D eigenvalue weighted by Crippen LogP contribution is 2.37. The van der Waals surface area contributed by atoms with Crippen LogP contribution in [-0.2, 0) is 0 Å². The molecule has 2 aliphatic heterocycles. The van der Waals surface area contributed by atoms with E-state index >= 15 is 0 Å². The van der Waals surface area contributed by atoms with E-state index < -0.39 is 0 Å². The van der Waals surface area contributed by atoms with Crippen molar-refractivity contribution in [3.63, 3.8) is 0 Å². The molecule has 2 saturated heterocycles. The van der Waals surface area contributed by atoms with Crippen molar-refractivity contribution in [2.24, 2.45) is 5.92 Å². The number of rotatable bonds is 4. The maximum absolute atomic E-state index is 9.72. The predicted molar refractivity (Wildman–Crippen MR) is 87.8 cm³/mol. The summed E-state index contributed by atoms with van der Waals surface area (Å²) in [5, 5.41) is 9.72. The van der Waals surface area contributed by atoms with Crippen LogP contribution in [0.4, 0.5) is 0 Å². The number of hydrogen-bond acceptors (Lipinski definition) is 1. The molecule has 22 heavy (non-hydrogen) atoms. The Labute approximate surface area is 140 Å². The second kappa shape index (κ2) is 8.14. The van der Waals surface area contributed by atoms with Crippen LogP contribution in [0.15, 0.2) is 36.4 Å². The molecule has 0 radical (unpaired) electrons. The lowest BCUT2D eigenvalue weighted by Gasteiger charge is -2.53. The Balaban J connectivity index is 0.00000176. The molecule has 1 aromatic carbocycles. The van der Waals surface area contributed by atoms with Crippen molar-refractivity contribution in [1.29, 1.82) is 0 Å². The van der Waals surface area contributed by atoms with Gasteiger partial charge in [0.1, 0.15) is 0 Å². The molecule has 2 heterocycles. The summed E-state index contributed by atoms with van der Waals surface area (Å²) in [5.41, 5.74) is 1.29. The number of quaternary nitrogens is 1. The predicted octanol–water partition coefficient (Wildman–Crippen LogP) is 0.475. The summed E-state index contributed by atoms with van der Waals surface area (Å²) in [4.78, 5) is 0. The van der Waals surface area contributed by atoms with Crippen molar-refractivity contribution in [3.8, 4) is 0 Å². The minimum Gasteiger partial charge on any atom is -1.00 e. The minimum absolute atomic E-state index is 0. The number of aliphatic hydroxyl groups excluding tert-OH is 1. The fraction of sp³-hybridized carbons (Fsp3) is 0.579. The van der Waals surface area contributed by atoms with Crippen molar-refractivity contribution in [3.05, 3.63) is 42.0 Å². The molecule has 1 aromatic rings. The zero-order valence-corrected chi connectivity index (χ0v) is 14.1. The molecule has 122 valence electrons. The van der Waals surface area contributed by atoms with Gasteiger partial charge in [-0.25, -0.2) is 0 Å². The van der Waals surface area contributed by atoms with Gasteiger partial charge in [0.05, 0.1) is 32.3 Å². The summed E-state index contributed by atoms with van der Waals surface area (Å²) < 4.78 is 1.23. The summed E-state index contributed by atoms with van der Waals surface area (Å²) >= 11 is 0. The number of fused-ring (bicyclic) bond motifs is 1. The summed E-state index contributed by atoms with van der Waals surface area (Å²) in [6.07, 6.45) is 11.2. The Morgan fingerprint density at radius 2 is 1.82 bits per heavy atom.